The summed E-state index contributed by atoms with van der Waals surface area (Å²) in [5.41, 5.74) is 1.11. The van der Waals surface area contributed by atoms with Gasteiger partial charge < -0.3 is 0 Å². The lowest BCUT2D eigenvalue weighted by atomic mass is 10.2. The number of aryl methyl sites for hydroxylation is 1. The summed E-state index contributed by atoms with van der Waals surface area (Å²) in [6, 6.07) is 3.63. The van der Waals surface area contributed by atoms with Gasteiger partial charge in [0, 0.05) is 30.2 Å². The lowest BCUT2D eigenvalue weighted by Crippen LogP contribution is -2.36. The van der Waals surface area contributed by atoms with Crippen LogP contribution in [0.5, 0.6) is 0 Å². The Hall–Kier alpha value is -1.53. The van der Waals surface area contributed by atoms with Crippen molar-refractivity contribution >= 4 is 11.3 Å². The summed E-state index contributed by atoms with van der Waals surface area (Å²) in [6.45, 7) is 4.64. The minimum atomic E-state index is -0.0242. The molecule has 106 valence electrons. The number of aromatic nitrogens is 3. The molecular weight excluding hydrogens is 272 g/mol. The molecule has 2 aromatic heterocycles. The first-order valence-electron chi connectivity index (χ1n) is 6.89. The zero-order valence-electron chi connectivity index (χ0n) is 11.5. The van der Waals surface area contributed by atoms with Gasteiger partial charge in [-0.25, -0.2) is 9.67 Å². The Labute approximate surface area is 121 Å². The molecule has 1 atom stereocenters. The van der Waals surface area contributed by atoms with Crippen molar-refractivity contribution < 1.29 is 0 Å². The molecule has 0 N–H and O–H groups in total. The number of nitrogens with zero attached hydrogens (tertiary/aromatic N) is 4. The molecule has 1 aliphatic rings. The van der Waals surface area contributed by atoms with E-state index >= 15 is 0 Å². The van der Waals surface area contributed by atoms with Crippen molar-refractivity contribution in [3.05, 3.63) is 44.8 Å². The molecule has 1 aliphatic heterocycles. The first-order valence-corrected chi connectivity index (χ1v) is 7.77. The van der Waals surface area contributed by atoms with Crippen LogP contribution in [-0.2, 0) is 13.1 Å². The molecule has 2 aromatic rings. The predicted molar refractivity (Wildman–Crippen MR) is 78.8 cm³/mol. The van der Waals surface area contributed by atoms with Gasteiger partial charge in [-0.05, 0) is 32.4 Å². The Morgan fingerprint density at radius 2 is 2.40 bits per heavy atom. The van der Waals surface area contributed by atoms with Gasteiger partial charge in [0.15, 0.2) is 0 Å². The fourth-order valence-corrected chi connectivity index (χ4v) is 3.33. The van der Waals surface area contributed by atoms with E-state index < -0.39 is 0 Å². The van der Waals surface area contributed by atoms with Gasteiger partial charge in [0.2, 0.25) is 0 Å². The van der Waals surface area contributed by atoms with Gasteiger partial charge in [-0.1, -0.05) is 0 Å². The predicted octanol–water partition coefficient (Wildman–Crippen LogP) is 1.67. The quantitative estimate of drug-likeness (QED) is 0.859. The molecule has 3 rings (SSSR count). The van der Waals surface area contributed by atoms with Gasteiger partial charge in [-0.2, -0.15) is 5.10 Å². The standard InChI is InChI=1S/C14H18N4OS/c1-11-16-12(10-20-11)8-17-7-3-4-13(17)9-18-14(19)5-2-6-15-18/h2,5-6,10,13H,3-4,7-9H2,1H3. The average molecular weight is 290 g/mol. The van der Waals surface area contributed by atoms with Crippen LogP contribution in [-0.4, -0.2) is 32.3 Å². The monoisotopic (exact) mass is 290 g/mol. The summed E-state index contributed by atoms with van der Waals surface area (Å²) < 4.78 is 1.56. The molecular formula is C14H18N4OS. The van der Waals surface area contributed by atoms with Crippen LogP contribution in [0.3, 0.4) is 0 Å². The Morgan fingerprint density at radius 3 is 3.15 bits per heavy atom. The minimum Gasteiger partial charge on any atom is -0.293 e. The van der Waals surface area contributed by atoms with E-state index in [1.807, 2.05) is 6.92 Å². The van der Waals surface area contributed by atoms with Crippen LogP contribution in [0.25, 0.3) is 0 Å². The molecule has 0 spiro atoms. The fourth-order valence-electron chi connectivity index (χ4n) is 2.72. The topological polar surface area (TPSA) is 51.0 Å². The van der Waals surface area contributed by atoms with Crippen molar-refractivity contribution in [3.63, 3.8) is 0 Å². The Morgan fingerprint density at radius 1 is 1.50 bits per heavy atom. The molecule has 0 amide bonds. The molecule has 0 aliphatic carbocycles. The molecule has 0 radical (unpaired) electrons. The van der Waals surface area contributed by atoms with Crippen LogP contribution in [0.15, 0.2) is 28.5 Å². The highest BCUT2D eigenvalue weighted by atomic mass is 32.1. The first kappa shape index (κ1) is 13.5. The Kier molecular flexibility index (Phi) is 3.93. The van der Waals surface area contributed by atoms with Gasteiger partial charge in [-0.3, -0.25) is 9.69 Å². The van der Waals surface area contributed by atoms with Crippen LogP contribution >= 0.6 is 11.3 Å². The number of hydrogen-bond acceptors (Lipinski definition) is 5. The van der Waals surface area contributed by atoms with E-state index in [-0.39, 0.29) is 5.56 Å². The van der Waals surface area contributed by atoms with Gasteiger partial charge >= 0.3 is 0 Å². The second-order valence-corrected chi connectivity index (χ2v) is 6.23. The largest absolute Gasteiger partial charge is 0.293 e. The number of hydrogen-bond donors (Lipinski definition) is 0. The number of rotatable bonds is 4. The highest BCUT2D eigenvalue weighted by Crippen LogP contribution is 2.21. The van der Waals surface area contributed by atoms with E-state index in [0.29, 0.717) is 12.6 Å². The maximum Gasteiger partial charge on any atom is 0.266 e. The van der Waals surface area contributed by atoms with E-state index in [1.54, 1.807) is 34.3 Å². The molecule has 1 fully saturated rings. The summed E-state index contributed by atoms with van der Waals surface area (Å²) in [5, 5.41) is 7.38. The molecule has 0 aromatic carbocycles. The number of likely N-dealkylation sites (tertiary alicyclic amines) is 1. The highest BCUT2D eigenvalue weighted by molar-refractivity contribution is 7.09. The fraction of sp³-hybridized carbons (Fsp3) is 0.500. The maximum absolute atomic E-state index is 11.7. The smallest absolute Gasteiger partial charge is 0.266 e. The van der Waals surface area contributed by atoms with Gasteiger partial charge in [0.05, 0.1) is 17.2 Å². The summed E-state index contributed by atoms with van der Waals surface area (Å²) >= 11 is 1.69. The second-order valence-electron chi connectivity index (χ2n) is 5.17. The molecule has 1 unspecified atom stereocenters. The zero-order valence-corrected chi connectivity index (χ0v) is 12.3. The van der Waals surface area contributed by atoms with Crippen molar-refractivity contribution in [1.82, 2.24) is 19.7 Å². The molecule has 0 saturated carbocycles. The van der Waals surface area contributed by atoms with E-state index in [0.717, 1.165) is 30.2 Å². The molecule has 3 heterocycles. The second kappa shape index (κ2) is 5.85. The Bertz CT molecular complexity index is 636. The maximum atomic E-state index is 11.7. The van der Waals surface area contributed by atoms with Crippen molar-refractivity contribution in [2.24, 2.45) is 0 Å². The summed E-state index contributed by atoms with van der Waals surface area (Å²) in [6.07, 6.45) is 3.96. The minimum absolute atomic E-state index is 0.0242. The van der Waals surface area contributed by atoms with Crippen molar-refractivity contribution in [1.29, 1.82) is 0 Å². The molecule has 1 saturated heterocycles. The summed E-state index contributed by atoms with van der Waals surface area (Å²) in [7, 11) is 0. The normalized spacial score (nSPS) is 19.6. The SMILES string of the molecule is Cc1nc(CN2CCCC2Cn2ncccc2=O)cs1. The molecule has 20 heavy (non-hydrogen) atoms. The summed E-state index contributed by atoms with van der Waals surface area (Å²) in [5.74, 6) is 0. The van der Waals surface area contributed by atoms with Crippen LogP contribution in [0.1, 0.15) is 23.5 Å². The third-order valence-corrected chi connectivity index (χ3v) is 4.52. The van der Waals surface area contributed by atoms with Crippen molar-refractivity contribution in [3.8, 4) is 0 Å². The molecule has 5 nitrogen and oxygen atoms in total. The summed E-state index contributed by atoms with van der Waals surface area (Å²) in [4.78, 5) is 18.7. The third kappa shape index (κ3) is 2.96. The van der Waals surface area contributed by atoms with Gasteiger partial charge in [0.1, 0.15) is 0 Å². The zero-order chi connectivity index (χ0) is 13.9. The third-order valence-electron chi connectivity index (χ3n) is 3.70. The first-order chi connectivity index (χ1) is 9.72. The van der Waals surface area contributed by atoms with Crippen LogP contribution in [0, 0.1) is 6.92 Å². The van der Waals surface area contributed by atoms with E-state index in [9.17, 15) is 4.79 Å². The van der Waals surface area contributed by atoms with Crippen LogP contribution in [0.2, 0.25) is 0 Å². The van der Waals surface area contributed by atoms with Crippen molar-refractivity contribution in [2.75, 3.05) is 6.54 Å². The lowest BCUT2D eigenvalue weighted by Gasteiger charge is -2.23. The highest BCUT2D eigenvalue weighted by Gasteiger charge is 2.25. The van der Waals surface area contributed by atoms with E-state index in [2.05, 4.69) is 20.4 Å². The average Bonchev–Trinajstić information content (AvgIpc) is 3.03. The van der Waals surface area contributed by atoms with Crippen LogP contribution in [0.4, 0.5) is 0 Å². The molecule has 6 heteroatoms. The van der Waals surface area contributed by atoms with Gasteiger partial charge in [0.25, 0.3) is 5.56 Å². The van der Waals surface area contributed by atoms with Gasteiger partial charge in [-0.15, -0.1) is 11.3 Å². The van der Waals surface area contributed by atoms with E-state index in [1.165, 1.54) is 6.42 Å². The van der Waals surface area contributed by atoms with Crippen molar-refractivity contribution in [2.45, 2.75) is 38.9 Å². The van der Waals surface area contributed by atoms with E-state index in [4.69, 9.17) is 0 Å². The van der Waals surface area contributed by atoms with Crippen LogP contribution < -0.4 is 5.56 Å². The lowest BCUT2D eigenvalue weighted by molar-refractivity contribution is 0.214. The Balaban J connectivity index is 1.69. The molecule has 0 bridgehead atoms. The number of thiazole rings is 1.